The first-order valence-corrected chi connectivity index (χ1v) is 10.3. The number of ether oxygens (including phenoxy) is 2. The zero-order valence-corrected chi connectivity index (χ0v) is 19.1. The summed E-state index contributed by atoms with van der Waals surface area (Å²) in [6, 6.07) is -1.51. The summed E-state index contributed by atoms with van der Waals surface area (Å²) in [5.41, 5.74) is 4.92. The van der Waals surface area contributed by atoms with Gasteiger partial charge in [-0.15, -0.1) is 11.3 Å². The minimum Gasteiger partial charge on any atom is -0.457 e. The molecule has 0 spiro atoms. The number of carbonyl (C=O) groups excluding carboxylic acids is 4. The highest BCUT2D eigenvalue weighted by molar-refractivity contribution is 7.13. The first kappa shape index (κ1) is 25.0. The molecule has 0 bridgehead atoms. The van der Waals surface area contributed by atoms with Gasteiger partial charge in [-0.2, -0.15) is 0 Å². The van der Waals surface area contributed by atoms with E-state index in [4.69, 9.17) is 20.0 Å². The van der Waals surface area contributed by atoms with Crippen LogP contribution in [0.4, 0.5) is 5.13 Å². The average Bonchev–Trinajstić information content (AvgIpc) is 3.13. The molecule has 2 rings (SSSR count). The number of hydroxylamine groups is 2. The highest BCUT2D eigenvalue weighted by Crippen LogP contribution is 2.21. The van der Waals surface area contributed by atoms with Crippen LogP contribution in [-0.4, -0.2) is 77.5 Å². The molecular formula is C18H25N5O8S. The Morgan fingerprint density at radius 2 is 1.97 bits per heavy atom. The summed E-state index contributed by atoms with van der Waals surface area (Å²) in [6.45, 7) is 5.46. The maximum absolute atomic E-state index is 12.5. The van der Waals surface area contributed by atoms with Crippen molar-refractivity contribution in [3.63, 3.8) is 0 Å². The zero-order valence-electron chi connectivity index (χ0n) is 18.2. The summed E-state index contributed by atoms with van der Waals surface area (Å²) in [5, 5.41) is 8.84. The molecule has 2 heterocycles. The number of nitrogen functional groups attached to an aromatic ring is 1. The molecule has 0 saturated carbocycles. The number of amides is 2. The number of nitrogens with two attached hydrogens (primary N) is 1. The fourth-order valence-corrected chi connectivity index (χ4v) is 3.08. The molecule has 3 N–H and O–H groups in total. The van der Waals surface area contributed by atoms with E-state index in [-0.39, 0.29) is 16.5 Å². The smallest absolute Gasteiger partial charge is 0.344 e. The number of hydrogen-bond donors (Lipinski definition) is 2. The van der Waals surface area contributed by atoms with Crippen LogP contribution in [0.1, 0.15) is 33.4 Å². The first-order valence-electron chi connectivity index (χ1n) is 9.39. The molecule has 1 aliphatic heterocycles. The van der Waals surface area contributed by atoms with Crippen molar-refractivity contribution in [1.82, 2.24) is 15.4 Å². The number of aromatic nitrogens is 1. The van der Waals surface area contributed by atoms with Gasteiger partial charge >= 0.3 is 11.9 Å². The molecule has 0 radical (unpaired) electrons. The number of oxime groups is 1. The second kappa shape index (κ2) is 10.4. The van der Waals surface area contributed by atoms with E-state index in [0.717, 1.165) is 16.4 Å². The van der Waals surface area contributed by atoms with E-state index in [1.165, 1.54) is 12.5 Å². The third-order valence-electron chi connectivity index (χ3n) is 3.88. The van der Waals surface area contributed by atoms with Crippen LogP contribution in [0.2, 0.25) is 0 Å². The molecule has 0 aromatic carbocycles. The van der Waals surface area contributed by atoms with E-state index in [9.17, 15) is 19.2 Å². The predicted molar refractivity (Wildman–Crippen MR) is 111 cm³/mol. The summed E-state index contributed by atoms with van der Waals surface area (Å²) in [5.74, 6) is -2.85. The van der Waals surface area contributed by atoms with Gasteiger partial charge in [0, 0.05) is 5.38 Å². The SMILES string of the molecule is CO/N=C(/C(=O)NC1C(=O)N(OCC(=O)OCC(=O)OC(C)(C)C)C1C)c1csc(N)n1. The Kier molecular flexibility index (Phi) is 8.10. The van der Waals surface area contributed by atoms with Crippen LogP contribution < -0.4 is 11.1 Å². The van der Waals surface area contributed by atoms with Gasteiger partial charge in [0.1, 0.15) is 24.4 Å². The topological polar surface area (TPSA) is 172 Å². The number of esters is 2. The Morgan fingerprint density at radius 3 is 2.50 bits per heavy atom. The Balaban J connectivity index is 1.82. The lowest BCUT2D eigenvalue weighted by molar-refractivity contribution is -0.234. The molecule has 1 aromatic heterocycles. The highest BCUT2D eigenvalue weighted by atomic mass is 32.1. The molecule has 1 saturated heterocycles. The molecule has 1 aliphatic rings. The van der Waals surface area contributed by atoms with E-state index >= 15 is 0 Å². The lowest BCUT2D eigenvalue weighted by Gasteiger charge is -2.43. The second-order valence-electron chi connectivity index (χ2n) is 7.57. The van der Waals surface area contributed by atoms with E-state index in [1.807, 2.05) is 0 Å². The number of β-lactam (4-membered cyclic amide) rings is 1. The molecule has 176 valence electrons. The van der Waals surface area contributed by atoms with Gasteiger partial charge in [0.25, 0.3) is 11.8 Å². The van der Waals surface area contributed by atoms with Gasteiger partial charge in [-0.1, -0.05) is 5.16 Å². The van der Waals surface area contributed by atoms with E-state index in [1.54, 1.807) is 27.7 Å². The molecule has 2 atom stereocenters. The van der Waals surface area contributed by atoms with Gasteiger partial charge in [-0.05, 0) is 27.7 Å². The maximum atomic E-state index is 12.5. The number of nitrogens with zero attached hydrogens (tertiary/aromatic N) is 3. The quantitative estimate of drug-likeness (QED) is 0.209. The molecular weight excluding hydrogens is 446 g/mol. The van der Waals surface area contributed by atoms with Crippen LogP contribution in [0.15, 0.2) is 10.5 Å². The predicted octanol–water partition coefficient (Wildman–Crippen LogP) is -0.392. The van der Waals surface area contributed by atoms with Crippen LogP contribution in [0, 0.1) is 0 Å². The normalized spacial score (nSPS) is 18.6. The van der Waals surface area contributed by atoms with Gasteiger partial charge in [0.15, 0.2) is 24.1 Å². The third kappa shape index (κ3) is 6.62. The largest absolute Gasteiger partial charge is 0.457 e. The van der Waals surface area contributed by atoms with Gasteiger partial charge in [-0.25, -0.2) is 19.6 Å². The van der Waals surface area contributed by atoms with Crippen molar-refractivity contribution in [3.05, 3.63) is 11.1 Å². The number of anilines is 1. The van der Waals surface area contributed by atoms with Gasteiger partial charge < -0.3 is 25.4 Å². The lowest BCUT2D eigenvalue weighted by atomic mass is 10.00. The van der Waals surface area contributed by atoms with Crippen molar-refractivity contribution in [2.45, 2.75) is 45.4 Å². The van der Waals surface area contributed by atoms with Crippen LogP contribution in [0.3, 0.4) is 0 Å². The molecule has 13 nitrogen and oxygen atoms in total. The first-order chi connectivity index (χ1) is 14.9. The van der Waals surface area contributed by atoms with Crippen LogP contribution in [0.25, 0.3) is 0 Å². The van der Waals surface area contributed by atoms with Crippen LogP contribution >= 0.6 is 11.3 Å². The Bertz CT molecular complexity index is 909. The average molecular weight is 471 g/mol. The molecule has 1 aromatic rings. The monoisotopic (exact) mass is 471 g/mol. The van der Waals surface area contributed by atoms with Crippen molar-refractivity contribution in [3.8, 4) is 0 Å². The minimum atomic E-state index is -0.918. The minimum absolute atomic E-state index is 0.148. The number of thiazole rings is 1. The highest BCUT2D eigenvalue weighted by Gasteiger charge is 2.47. The molecule has 1 fully saturated rings. The number of carbonyl (C=O) groups is 4. The molecule has 14 heteroatoms. The van der Waals surface area contributed by atoms with Crippen molar-refractivity contribution >= 4 is 45.9 Å². The van der Waals surface area contributed by atoms with Crippen molar-refractivity contribution < 1.29 is 38.3 Å². The molecule has 32 heavy (non-hydrogen) atoms. The van der Waals surface area contributed by atoms with Gasteiger partial charge in [-0.3, -0.25) is 14.4 Å². The molecule has 2 amide bonds. The third-order valence-corrected chi connectivity index (χ3v) is 4.55. The van der Waals surface area contributed by atoms with Gasteiger partial charge in [0.2, 0.25) is 0 Å². The number of rotatable bonds is 9. The summed E-state index contributed by atoms with van der Waals surface area (Å²) in [4.78, 5) is 61.9. The Labute approximate surface area is 187 Å². The van der Waals surface area contributed by atoms with Crippen LogP contribution in [0.5, 0.6) is 0 Å². The summed E-state index contributed by atoms with van der Waals surface area (Å²) >= 11 is 1.12. The zero-order chi connectivity index (χ0) is 24.1. The molecule has 0 aliphatic carbocycles. The fraction of sp³-hybridized carbons (Fsp3) is 0.556. The lowest BCUT2D eigenvalue weighted by Crippen LogP contribution is -2.70. The Hall–Kier alpha value is -3.26. The van der Waals surface area contributed by atoms with Crippen molar-refractivity contribution in [1.29, 1.82) is 0 Å². The Morgan fingerprint density at radius 1 is 1.28 bits per heavy atom. The standard InChI is InChI=1S/C18H25N5O8S/c1-9-13(21-15(26)14(22-28-5)10-8-32-17(19)20-10)16(27)23(9)30-7-11(24)29-6-12(25)31-18(2,3)4/h8-9,13H,6-7H2,1-5H3,(H2,19,20)(H,21,26)/b22-14+. The van der Waals surface area contributed by atoms with Crippen LogP contribution in [-0.2, 0) is 38.3 Å². The maximum Gasteiger partial charge on any atom is 0.344 e. The number of nitrogens with one attached hydrogen (secondary N) is 1. The second-order valence-corrected chi connectivity index (χ2v) is 8.46. The molecule has 2 unspecified atom stereocenters. The summed E-state index contributed by atoms with van der Waals surface area (Å²) < 4.78 is 9.76. The van der Waals surface area contributed by atoms with E-state index in [2.05, 4.69) is 20.3 Å². The summed E-state index contributed by atoms with van der Waals surface area (Å²) in [6.07, 6.45) is 0. The van der Waals surface area contributed by atoms with E-state index in [0.29, 0.717) is 0 Å². The fourth-order valence-electron chi connectivity index (χ4n) is 2.54. The summed E-state index contributed by atoms with van der Waals surface area (Å²) in [7, 11) is 1.26. The van der Waals surface area contributed by atoms with Crippen molar-refractivity contribution in [2.75, 3.05) is 26.1 Å². The number of hydrogen-bond acceptors (Lipinski definition) is 12. The van der Waals surface area contributed by atoms with E-state index < -0.39 is 54.7 Å². The van der Waals surface area contributed by atoms with Crippen molar-refractivity contribution in [2.24, 2.45) is 5.16 Å². The van der Waals surface area contributed by atoms with Gasteiger partial charge in [0.05, 0.1) is 6.04 Å².